The Labute approximate surface area is 84.9 Å². The van der Waals surface area contributed by atoms with Crippen molar-refractivity contribution >= 4 is 21.6 Å². The predicted octanol–water partition coefficient (Wildman–Crippen LogP) is 3.64. The Kier molecular flexibility index (Phi) is 3.20. The molecule has 0 amide bonds. The second-order valence-electron chi connectivity index (χ2n) is 2.29. The van der Waals surface area contributed by atoms with Crippen LogP contribution in [0.15, 0.2) is 22.7 Å². The number of anilines is 1. The first-order valence-electron chi connectivity index (χ1n) is 3.34. The molecule has 0 aliphatic carbocycles. The lowest BCUT2D eigenvalue weighted by molar-refractivity contribution is -0.274. The predicted molar refractivity (Wildman–Crippen MR) is 45.6 cm³/mol. The number of ether oxygens (including phenoxy) is 1. The molecule has 0 heterocycles. The number of benzene rings is 1. The average molecular weight is 274 g/mol. The summed E-state index contributed by atoms with van der Waals surface area (Å²) in [5, 5.41) is 0. The molecule has 1 aromatic rings. The van der Waals surface area contributed by atoms with Gasteiger partial charge in [0, 0.05) is 6.07 Å². The Balaban J connectivity index is 2.95. The largest absolute Gasteiger partial charge is 0.573 e. The van der Waals surface area contributed by atoms with Gasteiger partial charge >= 0.3 is 6.36 Å². The van der Waals surface area contributed by atoms with E-state index in [-0.39, 0.29) is 10.2 Å². The zero-order valence-electron chi connectivity index (χ0n) is 6.53. The smallest absolute Gasteiger partial charge is 0.405 e. The fourth-order valence-electron chi connectivity index (χ4n) is 0.765. The summed E-state index contributed by atoms with van der Waals surface area (Å²) in [6.07, 6.45) is -4.79. The lowest BCUT2D eigenvalue weighted by atomic mass is 10.3. The third-order valence-corrected chi connectivity index (χ3v) is 1.92. The maximum absolute atomic E-state index is 11.9. The maximum atomic E-state index is 11.9. The highest BCUT2D eigenvalue weighted by Crippen LogP contribution is 2.32. The molecule has 0 aliphatic rings. The molecule has 7 heteroatoms. The summed E-state index contributed by atoms with van der Waals surface area (Å²) in [6, 6.07) is 3.38. The highest BCUT2D eigenvalue weighted by Gasteiger charge is 2.32. The highest BCUT2D eigenvalue weighted by molar-refractivity contribution is 9.10. The summed E-state index contributed by atoms with van der Waals surface area (Å²) in [5.74, 6) is -0.500. The molecule has 0 aromatic heterocycles. The summed E-state index contributed by atoms with van der Waals surface area (Å²) in [7, 11) is 0. The van der Waals surface area contributed by atoms with E-state index in [1.165, 1.54) is 17.7 Å². The van der Waals surface area contributed by atoms with Crippen LogP contribution in [0.4, 0.5) is 23.3 Å². The van der Waals surface area contributed by atoms with Crippen LogP contribution in [0.1, 0.15) is 0 Å². The topological polar surface area (TPSA) is 21.3 Å². The molecule has 0 fully saturated rings. The number of rotatable bonds is 2. The van der Waals surface area contributed by atoms with Gasteiger partial charge in [0.1, 0.15) is 5.75 Å². The lowest BCUT2D eigenvalue weighted by Crippen LogP contribution is -2.17. The lowest BCUT2D eigenvalue weighted by Gasteiger charge is -2.10. The number of nitrogens with one attached hydrogen (secondary N) is 1. The van der Waals surface area contributed by atoms with Crippen LogP contribution in [0.5, 0.6) is 5.75 Å². The summed E-state index contributed by atoms with van der Waals surface area (Å²) in [5.41, 5.74) is 1.09. The van der Waals surface area contributed by atoms with Gasteiger partial charge in [0.15, 0.2) is 0 Å². The Morgan fingerprint density at radius 2 is 1.93 bits per heavy atom. The molecule has 1 aromatic carbocycles. The van der Waals surface area contributed by atoms with Gasteiger partial charge in [-0.15, -0.1) is 17.7 Å². The molecule has 1 rings (SSSR count). The molecule has 0 atom stereocenters. The zero-order chi connectivity index (χ0) is 10.8. The fourth-order valence-corrected chi connectivity index (χ4v) is 1.09. The molecule has 78 valence electrons. The van der Waals surface area contributed by atoms with Gasteiger partial charge in [-0.2, -0.15) is 0 Å². The summed E-state index contributed by atoms with van der Waals surface area (Å²) in [4.78, 5) is 0. The number of halogens is 5. The van der Waals surface area contributed by atoms with E-state index in [0.717, 1.165) is 6.07 Å². The summed E-state index contributed by atoms with van der Waals surface area (Å²) >= 11 is 2.84. The van der Waals surface area contributed by atoms with Crippen molar-refractivity contribution in [3.63, 3.8) is 0 Å². The van der Waals surface area contributed by atoms with E-state index >= 15 is 0 Å². The van der Waals surface area contributed by atoms with Gasteiger partial charge in [0.2, 0.25) is 0 Å². The standard InChI is InChI=1S/C7H4BrF4NO/c8-5-2-1-4(13-12)3-6(5)14-7(9,10)11/h1-3,13H. The van der Waals surface area contributed by atoms with Gasteiger partial charge in [0.25, 0.3) is 0 Å². The van der Waals surface area contributed by atoms with Gasteiger partial charge in [-0.05, 0) is 28.1 Å². The van der Waals surface area contributed by atoms with Crippen LogP contribution in [0.2, 0.25) is 0 Å². The quantitative estimate of drug-likeness (QED) is 0.656. The van der Waals surface area contributed by atoms with E-state index in [2.05, 4.69) is 20.7 Å². The third-order valence-electron chi connectivity index (χ3n) is 1.27. The van der Waals surface area contributed by atoms with Gasteiger partial charge in [0.05, 0.1) is 10.2 Å². The maximum Gasteiger partial charge on any atom is 0.573 e. The molecule has 14 heavy (non-hydrogen) atoms. The molecule has 0 bridgehead atoms. The van der Waals surface area contributed by atoms with Crippen molar-refractivity contribution in [3.8, 4) is 5.75 Å². The molecule has 0 aliphatic heterocycles. The molecular formula is C7H4BrF4NO. The first kappa shape index (κ1) is 11.1. The van der Waals surface area contributed by atoms with Crippen LogP contribution in [0, 0.1) is 0 Å². The van der Waals surface area contributed by atoms with E-state index in [4.69, 9.17) is 0 Å². The van der Waals surface area contributed by atoms with E-state index in [0.29, 0.717) is 0 Å². The van der Waals surface area contributed by atoms with Crippen molar-refractivity contribution in [2.45, 2.75) is 6.36 Å². The molecule has 0 unspecified atom stereocenters. The normalized spacial score (nSPS) is 11.2. The van der Waals surface area contributed by atoms with Crippen LogP contribution in [0.25, 0.3) is 0 Å². The van der Waals surface area contributed by atoms with Crippen molar-refractivity contribution in [1.29, 1.82) is 0 Å². The van der Waals surface area contributed by atoms with Crippen LogP contribution in [-0.4, -0.2) is 6.36 Å². The fraction of sp³-hybridized carbons (Fsp3) is 0.143. The van der Waals surface area contributed by atoms with E-state index < -0.39 is 12.1 Å². The minimum absolute atomic E-state index is 0.0915. The Morgan fingerprint density at radius 3 is 2.43 bits per heavy atom. The zero-order valence-corrected chi connectivity index (χ0v) is 8.12. The Hall–Kier alpha value is -0.980. The van der Waals surface area contributed by atoms with E-state index in [1.54, 1.807) is 0 Å². The minimum atomic E-state index is -4.79. The minimum Gasteiger partial charge on any atom is -0.405 e. The molecule has 0 spiro atoms. The number of alkyl halides is 3. The monoisotopic (exact) mass is 273 g/mol. The van der Waals surface area contributed by atoms with Gasteiger partial charge in [-0.1, -0.05) is 0 Å². The van der Waals surface area contributed by atoms with Crippen molar-refractivity contribution in [2.24, 2.45) is 0 Å². The highest BCUT2D eigenvalue weighted by atomic mass is 79.9. The number of hydrogen-bond donors (Lipinski definition) is 1. The molecule has 0 saturated carbocycles. The average Bonchev–Trinajstić information content (AvgIpc) is 2.06. The van der Waals surface area contributed by atoms with Gasteiger partial charge in [-0.25, -0.2) is 5.54 Å². The third kappa shape index (κ3) is 3.06. The summed E-state index contributed by atoms with van der Waals surface area (Å²) < 4.78 is 51.0. The second kappa shape index (κ2) is 4.04. The molecule has 2 nitrogen and oxygen atoms in total. The first-order chi connectivity index (χ1) is 6.42. The molecule has 0 saturated heterocycles. The van der Waals surface area contributed by atoms with Crippen LogP contribution in [0.3, 0.4) is 0 Å². The Morgan fingerprint density at radius 1 is 1.29 bits per heavy atom. The molecule has 0 radical (unpaired) electrons. The SMILES string of the molecule is FNc1ccc(Br)c(OC(F)(F)F)c1. The van der Waals surface area contributed by atoms with Crippen LogP contribution < -0.4 is 10.3 Å². The van der Waals surface area contributed by atoms with Crippen molar-refractivity contribution in [3.05, 3.63) is 22.7 Å². The van der Waals surface area contributed by atoms with E-state index in [1.807, 2.05) is 0 Å². The molecule has 1 N–H and O–H groups in total. The van der Waals surface area contributed by atoms with Crippen molar-refractivity contribution in [2.75, 3.05) is 5.54 Å². The van der Waals surface area contributed by atoms with Gasteiger partial charge < -0.3 is 4.74 Å². The molecular weight excluding hydrogens is 270 g/mol. The number of hydrogen-bond acceptors (Lipinski definition) is 2. The second-order valence-corrected chi connectivity index (χ2v) is 3.14. The van der Waals surface area contributed by atoms with Crippen molar-refractivity contribution < 1.29 is 22.4 Å². The van der Waals surface area contributed by atoms with E-state index in [9.17, 15) is 17.7 Å². The van der Waals surface area contributed by atoms with Crippen LogP contribution in [-0.2, 0) is 0 Å². The van der Waals surface area contributed by atoms with Crippen LogP contribution >= 0.6 is 15.9 Å². The first-order valence-corrected chi connectivity index (χ1v) is 4.13. The summed E-state index contributed by atoms with van der Waals surface area (Å²) in [6.45, 7) is 0. The van der Waals surface area contributed by atoms with Crippen molar-refractivity contribution in [1.82, 2.24) is 0 Å². The Bertz CT molecular complexity index is 328. The van der Waals surface area contributed by atoms with Gasteiger partial charge in [-0.3, -0.25) is 0 Å².